The summed E-state index contributed by atoms with van der Waals surface area (Å²) in [6.45, 7) is 5.85. The number of hydrogen-bond donors (Lipinski definition) is 3. The lowest BCUT2D eigenvalue weighted by atomic mass is 10.2. The number of aryl methyl sites for hydroxylation is 1. The molecule has 0 saturated carbocycles. The third-order valence-electron chi connectivity index (χ3n) is 3.77. The topological polar surface area (TPSA) is 88.2 Å². The third-order valence-corrected chi connectivity index (χ3v) is 3.77. The third kappa shape index (κ3) is 5.20. The van der Waals surface area contributed by atoms with Gasteiger partial charge in [-0.15, -0.1) is 0 Å². The molecule has 1 amide bonds. The van der Waals surface area contributed by atoms with Crippen LogP contribution in [0, 0.1) is 6.92 Å². The minimum absolute atomic E-state index is 0.102. The SMILES string of the molecule is CCOc1ccccc1Nc1cc(Nc2ccc(NC(C)=O)cc2)nc(C)n1. The molecule has 0 bridgehead atoms. The van der Waals surface area contributed by atoms with Gasteiger partial charge in [-0.25, -0.2) is 9.97 Å². The summed E-state index contributed by atoms with van der Waals surface area (Å²) in [5.74, 6) is 2.63. The predicted molar refractivity (Wildman–Crippen MR) is 112 cm³/mol. The summed E-state index contributed by atoms with van der Waals surface area (Å²) < 4.78 is 5.65. The fourth-order valence-electron chi connectivity index (χ4n) is 2.67. The van der Waals surface area contributed by atoms with E-state index in [1.54, 1.807) is 0 Å². The number of nitrogens with one attached hydrogen (secondary N) is 3. The van der Waals surface area contributed by atoms with Crippen LogP contribution in [0.1, 0.15) is 19.7 Å². The zero-order chi connectivity index (χ0) is 19.9. The van der Waals surface area contributed by atoms with E-state index in [4.69, 9.17) is 4.74 Å². The van der Waals surface area contributed by atoms with E-state index >= 15 is 0 Å². The lowest BCUT2D eigenvalue weighted by molar-refractivity contribution is -0.114. The largest absolute Gasteiger partial charge is 0.492 e. The van der Waals surface area contributed by atoms with Crippen molar-refractivity contribution in [1.29, 1.82) is 0 Å². The van der Waals surface area contributed by atoms with Crippen molar-refractivity contribution < 1.29 is 9.53 Å². The molecule has 3 N–H and O–H groups in total. The maximum atomic E-state index is 11.1. The van der Waals surface area contributed by atoms with Gasteiger partial charge in [-0.05, 0) is 50.2 Å². The number of nitrogens with zero attached hydrogens (tertiary/aromatic N) is 2. The molecule has 7 heteroatoms. The second-order valence-corrected chi connectivity index (χ2v) is 6.12. The van der Waals surface area contributed by atoms with Gasteiger partial charge in [-0.3, -0.25) is 4.79 Å². The van der Waals surface area contributed by atoms with Crippen LogP contribution in [-0.4, -0.2) is 22.5 Å². The fraction of sp³-hybridized carbons (Fsp3) is 0.190. The van der Waals surface area contributed by atoms with Crippen LogP contribution in [0.5, 0.6) is 5.75 Å². The van der Waals surface area contributed by atoms with Gasteiger partial charge in [-0.2, -0.15) is 0 Å². The molecular formula is C21H23N5O2. The molecule has 1 heterocycles. The first-order valence-electron chi connectivity index (χ1n) is 9.02. The first-order chi connectivity index (χ1) is 13.5. The van der Waals surface area contributed by atoms with Gasteiger partial charge >= 0.3 is 0 Å². The average Bonchev–Trinajstić information content (AvgIpc) is 2.64. The molecule has 3 rings (SSSR count). The van der Waals surface area contributed by atoms with E-state index in [0.717, 1.165) is 22.8 Å². The highest BCUT2D eigenvalue weighted by Crippen LogP contribution is 2.28. The molecule has 144 valence electrons. The van der Waals surface area contributed by atoms with Gasteiger partial charge < -0.3 is 20.7 Å². The van der Waals surface area contributed by atoms with Crippen LogP contribution in [0.4, 0.5) is 28.7 Å². The molecule has 0 fully saturated rings. The van der Waals surface area contributed by atoms with Crippen molar-refractivity contribution in [3.8, 4) is 5.75 Å². The quantitative estimate of drug-likeness (QED) is 0.556. The highest BCUT2D eigenvalue weighted by Gasteiger charge is 2.07. The van der Waals surface area contributed by atoms with Gasteiger partial charge in [-0.1, -0.05) is 12.1 Å². The van der Waals surface area contributed by atoms with Crippen molar-refractivity contribution >= 4 is 34.6 Å². The molecule has 7 nitrogen and oxygen atoms in total. The Bertz CT molecular complexity index is 957. The normalized spacial score (nSPS) is 10.2. The number of benzene rings is 2. The zero-order valence-electron chi connectivity index (χ0n) is 16.1. The average molecular weight is 377 g/mol. The van der Waals surface area contributed by atoms with Gasteiger partial charge in [0, 0.05) is 24.4 Å². The van der Waals surface area contributed by atoms with E-state index in [0.29, 0.717) is 24.1 Å². The van der Waals surface area contributed by atoms with Crippen molar-refractivity contribution in [3.63, 3.8) is 0 Å². The van der Waals surface area contributed by atoms with E-state index < -0.39 is 0 Å². The molecule has 0 aliphatic carbocycles. The molecule has 0 radical (unpaired) electrons. The molecule has 0 atom stereocenters. The number of para-hydroxylation sites is 2. The zero-order valence-corrected chi connectivity index (χ0v) is 16.1. The van der Waals surface area contributed by atoms with Crippen molar-refractivity contribution in [2.45, 2.75) is 20.8 Å². The van der Waals surface area contributed by atoms with Crippen molar-refractivity contribution in [2.75, 3.05) is 22.6 Å². The number of aromatic nitrogens is 2. The Morgan fingerprint density at radius 3 is 2.29 bits per heavy atom. The summed E-state index contributed by atoms with van der Waals surface area (Å²) in [7, 11) is 0. The number of anilines is 5. The Balaban J connectivity index is 1.77. The van der Waals surface area contributed by atoms with Gasteiger partial charge in [0.25, 0.3) is 0 Å². The Kier molecular flexibility index (Phi) is 6.06. The van der Waals surface area contributed by atoms with E-state index in [2.05, 4.69) is 25.9 Å². The first-order valence-corrected chi connectivity index (χ1v) is 9.02. The molecule has 1 aromatic heterocycles. The molecule has 0 aliphatic rings. The fourth-order valence-corrected chi connectivity index (χ4v) is 2.67. The number of ether oxygens (including phenoxy) is 1. The van der Waals surface area contributed by atoms with Crippen LogP contribution in [0.25, 0.3) is 0 Å². The Labute approximate surface area is 164 Å². The van der Waals surface area contributed by atoms with Crippen molar-refractivity contribution in [2.24, 2.45) is 0 Å². The van der Waals surface area contributed by atoms with Gasteiger partial charge in [0.1, 0.15) is 23.2 Å². The second kappa shape index (κ2) is 8.85. The summed E-state index contributed by atoms with van der Waals surface area (Å²) in [6, 6.07) is 17.0. The molecular weight excluding hydrogens is 354 g/mol. The maximum Gasteiger partial charge on any atom is 0.221 e. The molecule has 0 spiro atoms. The standard InChI is InChI=1S/C21H23N5O2/c1-4-28-19-8-6-5-7-18(19)26-21-13-20(22-14(2)23-21)25-17-11-9-16(10-12-17)24-15(3)27/h5-13H,4H2,1-3H3,(H,24,27)(H2,22,23,25,26). The minimum Gasteiger partial charge on any atom is -0.492 e. The van der Waals surface area contributed by atoms with Crippen LogP contribution < -0.4 is 20.7 Å². The van der Waals surface area contributed by atoms with Gasteiger partial charge in [0.2, 0.25) is 5.91 Å². The number of rotatable bonds is 7. The molecule has 0 unspecified atom stereocenters. The van der Waals surface area contributed by atoms with Crippen LogP contribution >= 0.6 is 0 Å². The smallest absolute Gasteiger partial charge is 0.221 e. The van der Waals surface area contributed by atoms with Crippen LogP contribution in [-0.2, 0) is 4.79 Å². The van der Waals surface area contributed by atoms with Crippen LogP contribution in [0.15, 0.2) is 54.6 Å². The van der Waals surface area contributed by atoms with E-state index in [1.807, 2.05) is 68.4 Å². The Morgan fingerprint density at radius 1 is 0.964 bits per heavy atom. The Morgan fingerprint density at radius 2 is 1.61 bits per heavy atom. The van der Waals surface area contributed by atoms with Gasteiger partial charge in [0.15, 0.2) is 0 Å². The number of carbonyl (C=O) groups is 1. The highest BCUT2D eigenvalue weighted by atomic mass is 16.5. The van der Waals surface area contributed by atoms with Crippen LogP contribution in [0.2, 0.25) is 0 Å². The summed E-state index contributed by atoms with van der Waals surface area (Å²) in [5, 5.41) is 9.29. The molecule has 28 heavy (non-hydrogen) atoms. The second-order valence-electron chi connectivity index (χ2n) is 6.12. The molecule has 0 saturated heterocycles. The molecule has 2 aromatic carbocycles. The summed E-state index contributed by atoms with van der Waals surface area (Å²) >= 11 is 0. The van der Waals surface area contributed by atoms with Crippen molar-refractivity contribution in [3.05, 3.63) is 60.4 Å². The van der Waals surface area contributed by atoms with Crippen molar-refractivity contribution in [1.82, 2.24) is 9.97 Å². The number of amides is 1. The summed E-state index contributed by atoms with van der Waals surface area (Å²) in [6.07, 6.45) is 0. The van der Waals surface area contributed by atoms with E-state index in [1.165, 1.54) is 6.92 Å². The molecule has 3 aromatic rings. The molecule has 0 aliphatic heterocycles. The first kappa shape index (κ1) is 19.2. The van der Waals surface area contributed by atoms with Crippen LogP contribution in [0.3, 0.4) is 0 Å². The minimum atomic E-state index is -0.102. The monoisotopic (exact) mass is 377 g/mol. The predicted octanol–water partition coefficient (Wildman–Crippen LogP) is 4.63. The summed E-state index contributed by atoms with van der Waals surface area (Å²) in [5.41, 5.74) is 2.44. The van der Waals surface area contributed by atoms with E-state index in [-0.39, 0.29) is 5.91 Å². The number of carbonyl (C=O) groups excluding carboxylic acids is 1. The lowest BCUT2D eigenvalue weighted by Crippen LogP contribution is -2.05. The highest BCUT2D eigenvalue weighted by molar-refractivity contribution is 5.88. The Hall–Kier alpha value is -3.61. The number of hydrogen-bond acceptors (Lipinski definition) is 6. The lowest BCUT2D eigenvalue weighted by Gasteiger charge is -2.13. The van der Waals surface area contributed by atoms with Gasteiger partial charge in [0.05, 0.1) is 12.3 Å². The van der Waals surface area contributed by atoms with E-state index in [9.17, 15) is 4.79 Å². The maximum absolute atomic E-state index is 11.1. The summed E-state index contributed by atoms with van der Waals surface area (Å²) in [4.78, 5) is 20.0.